The van der Waals surface area contributed by atoms with E-state index in [1.54, 1.807) is 0 Å². The second-order valence-corrected chi connectivity index (χ2v) is 4.68. The number of nitrogens with two attached hydrogens (primary N) is 1. The lowest BCUT2D eigenvalue weighted by atomic mass is 9.94. The normalized spacial score (nSPS) is 13.9. The van der Waals surface area contributed by atoms with Crippen molar-refractivity contribution in [1.29, 1.82) is 0 Å². The molecule has 0 aliphatic heterocycles. The van der Waals surface area contributed by atoms with E-state index < -0.39 is 12.0 Å². The summed E-state index contributed by atoms with van der Waals surface area (Å²) in [6, 6.07) is -0.436. The van der Waals surface area contributed by atoms with Crippen LogP contribution in [0.3, 0.4) is 0 Å². The Hall–Kier alpha value is -1.10. The van der Waals surface area contributed by atoms with Gasteiger partial charge in [-0.25, -0.2) is 0 Å². The van der Waals surface area contributed by atoms with E-state index in [0.29, 0.717) is 25.3 Å². The van der Waals surface area contributed by atoms with Crippen molar-refractivity contribution in [2.75, 3.05) is 6.54 Å². The maximum atomic E-state index is 11.4. The highest BCUT2D eigenvalue weighted by molar-refractivity contribution is 5.81. The first-order chi connectivity index (χ1) is 8.51. The number of nitrogens with one attached hydrogen (secondary N) is 1. The second-order valence-electron chi connectivity index (χ2n) is 4.68. The van der Waals surface area contributed by atoms with Crippen LogP contribution >= 0.6 is 0 Å². The molecule has 0 heterocycles. The molecule has 5 nitrogen and oxygen atoms in total. The molecule has 1 amide bonds. The van der Waals surface area contributed by atoms with Crippen LogP contribution in [0.5, 0.6) is 0 Å². The predicted molar refractivity (Wildman–Crippen MR) is 71.2 cm³/mol. The summed E-state index contributed by atoms with van der Waals surface area (Å²) >= 11 is 0. The number of aliphatic carboxylic acids is 1. The number of carboxylic acid groups (broad SMARTS) is 1. The molecule has 0 rings (SSSR count). The Kier molecular flexibility index (Phi) is 9.28. The quantitative estimate of drug-likeness (QED) is 0.554. The minimum atomic E-state index is -0.756. The molecule has 0 saturated carbocycles. The Morgan fingerprint density at radius 1 is 1.22 bits per heavy atom. The summed E-state index contributed by atoms with van der Waals surface area (Å²) in [7, 11) is 0. The largest absolute Gasteiger partial charge is 0.481 e. The van der Waals surface area contributed by atoms with Crippen LogP contribution in [0.25, 0.3) is 0 Å². The molecule has 0 aromatic rings. The van der Waals surface area contributed by atoms with Gasteiger partial charge in [-0.05, 0) is 25.2 Å². The Morgan fingerprint density at radius 2 is 1.89 bits per heavy atom. The number of rotatable bonds is 10. The Labute approximate surface area is 109 Å². The van der Waals surface area contributed by atoms with E-state index in [2.05, 4.69) is 12.2 Å². The SMILES string of the molecule is CCCC(CCNC(=O)[C@@H](N)CC)CCC(=O)O. The van der Waals surface area contributed by atoms with E-state index in [4.69, 9.17) is 10.8 Å². The van der Waals surface area contributed by atoms with Gasteiger partial charge in [0.05, 0.1) is 6.04 Å². The lowest BCUT2D eigenvalue weighted by molar-refractivity contribution is -0.137. The van der Waals surface area contributed by atoms with Crippen molar-refractivity contribution in [2.45, 2.75) is 58.4 Å². The molecule has 0 aliphatic carbocycles. The van der Waals surface area contributed by atoms with Crippen molar-refractivity contribution in [2.24, 2.45) is 11.7 Å². The van der Waals surface area contributed by atoms with Crippen LogP contribution in [-0.2, 0) is 9.59 Å². The zero-order chi connectivity index (χ0) is 14.0. The topological polar surface area (TPSA) is 92.4 Å². The third-order valence-electron chi connectivity index (χ3n) is 3.09. The van der Waals surface area contributed by atoms with E-state index in [0.717, 1.165) is 19.3 Å². The summed E-state index contributed by atoms with van der Waals surface area (Å²) in [5.41, 5.74) is 5.60. The summed E-state index contributed by atoms with van der Waals surface area (Å²) in [5, 5.41) is 11.5. The fourth-order valence-electron chi connectivity index (χ4n) is 1.88. The molecule has 106 valence electrons. The van der Waals surface area contributed by atoms with Crippen molar-refractivity contribution >= 4 is 11.9 Å². The molecular formula is C13H26N2O3. The molecule has 0 saturated heterocycles. The van der Waals surface area contributed by atoms with Crippen LogP contribution in [0.1, 0.15) is 52.4 Å². The smallest absolute Gasteiger partial charge is 0.303 e. The zero-order valence-corrected chi connectivity index (χ0v) is 11.4. The molecule has 0 aromatic heterocycles. The molecule has 5 heteroatoms. The van der Waals surface area contributed by atoms with Gasteiger partial charge < -0.3 is 16.2 Å². The van der Waals surface area contributed by atoms with Gasteiger partial charge in [0.2, 0.25) is 5.91 Å². The first-order valence-electron chi connectivity index (χ1n) is 6.76. The van der Waals surface area contributed by atoms with E-state index in [9.17, 15) is 9.59 Å². The predicted octanol–water partition coefficient (Wildman–Crippen LogP) is 1.51. The van der Waals surface area contributed by atoms with Gasteiger partial charge in [-0.3, -0.25) is 9.59 Å². The highest BCUT2D eigenvalue weighted by Gasteiger charge is 2.13. The van der Waals surface area contributed by atoms with Crippen molar-refractivity contribution in [3.8, 4) is 0 Å². The number of hydrogen-bond donors (Lipinski definition) is 3. The lowest BCUT2D eigenvalue weighted by Crippen LogP contribution is -2.40. The molecule has 0 radical (unpaired) electrons. The molecule has 0 aliphatic rings. The highest BCUT2D eigenvalue weighted by Crippen LogP contribution is 2.17. The van der Waals surface area contributed by atoms with Crippen molar-refractivity contribution in [3.05, 3.63) is 0 Å². The van der Waals surface area contributed by atoms with Gasteiger partial charge in [-0.2, -0.15) is 0 Å². The minimum absolute atomic E-state index is 0.119. The molecule has 0 bridgehead atoms. The summed E-state index contributed by atoms with van der Waals surface area (Å²) in [4.78, 5) is 22.0. The molecule has 18 heavy (non-hydrogen) atoms. The molecule has 0 spiro atoms. The number of carbonyl (C=O) groups is 2. The van der Waals surface area contributed by atoms with Gasteiger partial charge in [0, 0.05) is 13.0 Å². The van der Waals surface area contributed by atoms with Crippen LogP contribution in [0.4, 0.5) is 0 Å². The first kappa shape index (κ1) is 16.9. The van der Waals surface area contributed by atoms with E-state index in [-0.39, 0.29) is 12.3 Å². The van der Waals surface area contributed by atoms with Crippen molar-refractivity contribution in [1.82, 2.24) is 5.32 Å². The van der Waals surface area contributed by atoms with E-state index in [1.165, 1.54) is 0 Å². The summed E-state index contributed by atoms with van der Waals surface area (Å²) in [5.74, 6) is -0.511. The Balaban J connectivity index is 3.88. The van der Waals surface area contributed by atoms with Gasteiger partial charge >= 0.3 is 5.97 Å². The second kappa shape index (κ2) is 9.88. The average molecular weight is 258 g/mol. The van der Waals surface area contributed by atoms with Gasteiger partial charge in [0.1, 0.15) is 0 Å². The van der Waals surface area contributed by atoms with Crippen LogP contribution in [0.2, 0.25) is 0 Å². The maximum absolute atomic E-state index is 11.4. The third-order valence-corrected chi connectivity index (χ3v) is 3.09. The third kappa shape index (κ3) is 8.06. The molecule has 4 N–H and O–H groups in total. The van der Waals surface area contributed by atoms with E-state index in [1.807, 2.05) is 6.92 Å². The molecular weight excluding hydrogens is 232 g/mol. The zero-order valence-electron chi connectivity index (χ0n) is 11.4. The van der Waals surface area contributed by atoms with Crippen molar-refractivity contribution < 1.29 is 14.7 Å². The lowest BCUT2D eigenvalue weighted by Gasteiger charge is -2.16. The van der Waals surface area contributed by atoms with Crippen LogP contribution in [0, 0.1) is 5.92 Å². The van der Waals surface area contributed by atoms with Crippen LogP contribution in [0.15, 0.2) is 0 Å². The first-order valence-corrected chi connectivity index (χ1v) is 6.76. The number of amides is 1. The summed E-state index contributed by atoms with van der Waals surface area (Å²) < 4.78 is 0. The maximum Gasteiger partial charge on any atom is 0.303 e. The van der Waals surface area contributed by atoms with Gasteiger partial charge in [0.15, 0.2) is 0 Å². The highest BCUT2D eigenvalue weighted by atomic mass is 16.4. The summed E-state index contributed by atoms with van der Waals surface area (Å²) in [6.07, 6.45) is 4.37. The number of hydrogen-bond acceptors (Lipinski definition) is 3. The monoisotopic (exact) mass is 258 g/mol. The van der Waals surface area contributed by atoms with Crippen LogP contribution < -0.4 is 11.1 Å². The number of carbonyl (C=O) groups excluding carboxylic acids is 1. The molecule has 1 unspecified atom stereocenters. The minimum Gasteiger partial charge on any atom is -0.481 e. The van der Waals surface area contributed by atoms with Gasteiger partial charge in [0.25, 0.3) is 0 Å². The Morgan fingerprint density at radius 3 is 2.39 bits per heavy atom. The molecule has 0 fully saturated rings. The summed E-state index contributed by atoms with van der Waals surface area (Å²) in [6.45, 7) is 4.53. The van der Waals surface area contributed by atoms with Crippen molar-refractivity contribution in [3.63, 3.8) is 0 Å². The van der Waals surface area contributed by atoms with Gasteiger partial charge in [-0.1, -0.05) is 26.7 Å². The molecule has 2 atom stereocenters. The van der Waals surface area contributed by atoms with Gasteiger partial charge in [-0.15, -0.1) is 0 Å². The number of carboxylic acids is 1. The standard InChI is InChI=1S/C13H26N2O3/c1-3-5-10(6-7-12(16)17)8-9-15-13(18)11(14)4-2/h10-11H,3-9,14H2,1-2H3,(H,15,18)(H,16,17)/t10?,11-/m0/s1. The average Bonchev–Trinajstić information content (AvgIpc) is 2.34. The fraction of sp³-hybridized carbons (Fsp3) is 0.846. The fourth-order valence-corrected chi connectivity index (χ4v) is 1.88. The van der Waals surface area contributed by atoms with E-state index >= 15 is 0 Å². The Bertz CT molecular complexity index is 257. The van der Waals surface area contributed by atoms with Crippen LogP contribution in [-0.4, -0.2) is 29.6 Å². The molecule has 0 aromatic carbocycles.